The summed E-state index contributed by atoms with van der Waals surface area (Å²) < 4.78 is 0. The highest BCUT2D eigenvalue weighted by Gasteiger charge is 2.40. The lowest BCUT2D eigenvalue weighted by Crippen LogP contribution is -2.49. The van der Waals surface area contributed by atoms with Crippen LogP contribution in [0.2, 0.25) is 0 Å². The first kappa shape index (κ1) is 16.9. The fourth-order valence-corrected chi connectivity index (χ4v) is 3.19. The third-order valence-electron chi connectivity index (χ3n) is 4.41. The van der Waals surface area contributed by atoms with E-state index >= 15 is 0 Å². The summed E-state index contributed by atoms with van der Waals surface area (Å²) in [6.45, 7) is 2.45. The van der Waals surface area contributed by atoms with Crippen LogP contribution in [0, 0.1) is 0 Å². The summed E-state index contributed by atoms with van der Waals surface area (Å²) in [5.74, 6) is -0.106. The topological polar surface area (TPSA) is 60.9 Å². The number of rotatable bonds is 5. The van der Waals surface area contributed by atoms with Gasteiger partial charge >= 0.3 is 0 Å². The first-order valence-electron chi connectivity index (χ1n) is 8.23. The molecule has 2 fully saturated rings. The molecule has 6 heteroatoms. The average Bonchev–Trinajstić information content (AvgIpc) is 2.89. The molecule has 2 aliphatic rings. The molecule has 2 heterocycles. The normalized spacial score (nSPS) is 22.5. The largest absolute Gasteiger partial charge is 0.341 e. The van der Waals surface area contributed by atoms with Gasteiger partial charge in [-0.2, -0.15) is 0 Å². The number of carbonyl (C=O) groups excluding carboxylic acids is 3. The number of amides is 2. The van der Waals surface area contributed by atoms with Gasteiger partial charge in [-0.15, -0.1) is 0 Å². The summed E-state index contributed by atoms with van der Waals surface area (Å²) in [7, 11) is 3.93. The van der Waals surface area contributed by atoms with E-state index < -0.39 is 6.04 Å². The second kappa shape index (κ2) is 7.72. The molecule has 0 aromatic heterocycles. The predicted molar refractivity (Wildman–Crippen MR) is 83.3 cm³/mol. The predicted octanol–water partition coefficient (Wildman–Crippen LogP) is 0.511. The van der Waals surface area contributed by atoms with Crippen molar-refractivity contribution in [3.05, 3.63) is 0 Å². The number of hydrogen-bond acceptors (Lipinski definition) is 4. The molecule has 0 unspecified atom stereocenters. The third-order valence-corrected chi connectivity index (χ3v) is 4.41. The Hall–Kier alpha value is -1.43. The van der Waals surface area contributed by atoms with E-state index in [2.05, 4.69) is 0 Å². The number of nitrogens with zero attached hydrogens (tertiary/aromatic N) is 3. The van der Waals surface area contributed by atoms with Crippen molar-refractivity contribution >= 4 is 17.6 Å². The molecular weight excluding hydrogens is 282 g/mol. The van der Waals surface area contributed by atoms with Crippen molar-refractivity contribution in [1.82, 2.24) is 14.7 Å². The highest BCUT2D eigenvalue weighted by Crippen LogP contribution is 2.20. The minimum atomic E-state index is -0.558. The Labute approximate surface area is 132 Å². The van der Waals surface area contributed by atoms with Gasteiger partial charge in [0.1, 0.15) is 6.04 Å². The Morgan fingerprint density at radius 3 is 2.50 bits per heavy atom. The SMILES string of the molecule is CN(C)CCCC(=O)N1CC(=O)C[C@H]1C(=O)N1CCCCC1. The van der Waals surface area contributed by atoms with Crippen LogP contribution in [0.5, 0.6) is 0 Å². The summed E-state index contributed by atoms with van der Waals surface area (Å²) in [6.07, 6.45) is 4.53. The molecule has 0 bridgehead atoms. The zero-order valence-electron chi connectivity index (χ0n) is 13.7. The molecular formula is C16H27N3O3. The molecule has 0 spiro atoms. The lowest BCUT2D eigenvalue weighted by Gasteiger charge is -2.32. The standard InChI is InChI=1S/C16H27N3O3/c1-17(2)8-6-7-15(21)19-12-13(20)11-14(19)16(22)18-9-4-3-5-10-18/h14H,3-12H2,1-2H3/t14-/m0/s1. The lowest BCUT2D eigenvalue weighted by atomic mass is 10.1. The monoisotopic (exact) mass is 309 g/mol. The van der Waals surface area contributed by atoms with E-state index in [4.69, 9.17) is 0 Å². The number of piperidine rings is 1. The van der Waals surface area contributed by atoms with Crippen LogP contribution in [-0.4, -0.2) is 78.6 Å². The highest BCUT2D eigenvalue weighted by molar-refractivity contribution is 5.98. The van der Waals surface area contributed by atoms with Crippen LogP contribution in [0.15, 0.2) is 0 Å². The van der Waals surface area contributed by atoms with Gasteiger partial charge in [-0.3, -0.25) is 14.4 Å². The van der Waals surface area contributed by atoms with Crippen molar-refractivity contribution in [2.24, 2.45) is 0 Å². The van der Waals surface area contributed by atoms with Gasteiger partial charge in [0.05, 0.1) is 6.54 Å². The Kier molecular flexibility index (Phi) is 5.94. The molecule has 22 heavy (non-hydrogen) atoms. The van der Waals surface area contributed by atoms with Crippen molar-refractivity contribution in [2.75, 3.05) is 40.3 Å². The van der Waals surface area contributed by atoms with Crippen LogP contribution >= 0.6 is 0 Å². The van der Waals surface area contributed by atoms with E-state index in [1.54, 1.807) is 0 Å². The number of carbonyl (C=O) groups is 3. The number of Topliss-reactive ketones (excluding diaryl/α,β-unsaturated/α-hetero) is 1. The van der Waals surface area contributed by atoms with E-state index in [-0.39, 0.29) is 30.6 Å². The molecule has 0 N–H and O–H groups in total. The Morgan fingerprint density at radius 1 is 1.18 bits per heavy atom. The smallest absolute Gasteiger partial charge is 0.245 e. The molecule has 1 atom stereocenters. The molecule has 2 saturated heterocycles. The summed E-state index contributed by atoms with van der Waals surface area (Å²) in [6, 6.07) is -0.558. The van der Waals surface area contributed by atoms with Crippen LogP contribution < -0.4 is 0 Å². The summed E-state index contributed by atoms with van der Waals surface area (Å²) in [5.41, 5.74) is 0. The Balaban J connectivity index is 1.94. The van der Waals surface area contributed by atoms with Crippen LogP contribution in [0.25, 0.3) is 0 Å². The highest BCUT2D eigenvalue weighted by atomic mass is 16.2. The van der Waals surface area contributed by atoms with E-state index in [1.165, 1.54) is 4.90 Å². The quantitative estimate of drug-likeness (QED) is 0.742. The van der Waals surface area contributed by atoms with Crippen molar-refractivity contribution in [2.45, 2.75) is 44.6 Å². The van der Waals surface area contributed by atoms with Gasteiger partial charge in [0.2, 0.25) is 11.8 Å². The van der Waals surface area contributed by atoms with Crippen molar-refractivity contribution in [1.29, 1.82) is 0 Å². The Bertz CT molecular complexity index is 430. The summed E-state index contributed by atoms with van der Waals surface area (Å²) in [5, 5.41) is 0. The molecule has 6 nitrogen and oxygen atoms in total. The van der Waals surface area contributed by atoms with Gasteiger partial charge in [0.25, 0.3) is 0 Å². The minimum Gasteiger partial charge on any atom is -0.341 e. The van der Waals surface area contributed by atoms with Gasteiger partial charge in [-0.25, -0.2) is 0 Å². The van der Waals surface area contributed by atoms with Crippen molar-refractivity contribution in [3.63, 3.8) is 0 Å². The number of ketones is 1. The molecule has 0 aromatic rings. The fraction of sp³-hybridized carbons (Fsp3) is 0.812. The van der Waals surface area contributed by atoms with E-state index in [0.717, 1.165) is 45.3 Å². The molecule has 0 aromatic carbocycles. The molecule has 0 aliphatic carbocycles. The zero-order valence-corrected chi connectivity index (χ0v) is 13.7. The first-order chi connectivity index (χ1) is 10.5. The minimum absolute atomic E-state index is 0.00341. The van der Waals surface area contributed by atoms with Crippen molar-refractivity contribution in [3.8, 4) is 0 Å². The van der Waals surface area contributed by atoms with Crippen LogP contribution in [0.4, 0.5) is 0 Å². The van der Waals surface area contributed by atoms with Crippen molar-refractivity contribution < 1.29 is 14.4 Å². The molecule has 124 valence electrons. The van der Waals surface area contributed by atoms with Gasteiger partial charge in [-0.05, 0) is 46.3 Å². The van der Waals surface area contributed by atoms with E-state index in [0.29, 0.717) is 6.42 Å². The van der Waals surface area contributed by atoms with Gasteiger partial charge in [0, 0.05) is 25.9 Å². The van der Waals surface area contributed by atoms with Gasteiger partial charge in [0.15, 0.2) is 5.78 Å². The zero-order chi connectivity index (χ0) is 16.1. The van der Waals surface area contributed by atoms with E-state index in [1.807, 2.05) is 23.9 Å². The maximum atomic E-state index is 12.6. The summed E-state index contributed by atoms with van der Waals surface area (Å²) >= 11 is 0. The second-order valence-corrected chi connectivity index (χ2v) is 6.57. The molecule has 2 rings (SSSR count). The maximum absolute atomic E-state index is 12.6. The lowest BCUT2D eigenvalue weighted by molar-refractivity contribution is -0.144. The molecule has 2 amide bonds. The van der Waals surface area contributed by atoms with Gasteiger partial charge in [-0.1, -0.05) is 0 Å². The number of hydrogen-bond donors (Lipinski definition) is 0. The van der Waals surface area contributed by atoms with Crippen LogP contribution in [0.3, 0.4) is 0 Å². The second-order valence-electron chi connectivity index (χ2n) is 6.57. The average molecular weight is 309 g/mol. The summed E-state index contributed by atoms with van der Waals surface area (Å²) in [4.78, 5) is 42.1. The molecule has 2 aliphatic heterocycles. The maximum Gasteiger partial charge on any atom is 0.245 e. The third kappa shape index (κ3) is 4.29. The molecule has 0 saturated carbocycles. The number of likely N-dealkylation sites (tertiary alicyclic amines) is 2. The van der Waals surface area contributed by atoms with Gasteiger partial charge < -0.3 is 14.7 Å². The molecule has 0 radical (unpaired) electrons. The van der Waals surface area contributed by atoms with Crippen LogP contribution in [-0.2, 0) is 14.4 Å². The fourth-order valence-electron chi connectivity index (χ4n) is 3.19. The van der Waals surface area contributed by atoms with Crippen LogP contribution in [0.1, 0.15) is 38.5 Å². The first-order valence-corrected chi connectivity index (χ1v) is 8.23. The van der Waals surface area contributed by atoms with E-state index in [9.17, 15) is 14.4 Å². The Morgan fingerprint density at radius 2 is 1.86 bits per heavy atom.